The molecule has 0 aliphatic carbocycles. The van der Waals surface area contributed by atoms with E-state index in [-0.39, 0.29) is 12.1 Å². The summed E-state index contributed by atoms with van der Waals surface area (Å²) in [6, 6.07) is 4.72. The topological polar surface area (TPSA) is 62.1 Å². The van der Waals surface area contributed by atoms with Crippen LogP contribution < -0.4 is 0 Å². The molecular weight excluding hydrogens is 251 g/mol. The van der Waals surface area contributed by atoms with E-state index < -0.39 is 0 Å². The average Bonchev–Trinajstić information content (AvgIpc) is 3.05. The van der Waals surface area contributed by atoms with Crippen molar-refractivity contribution in [2.45, 2.75) is 19.8 Å². The summed E-state index contributed by atoms with van der Waals surface area (Å²) >= 11 is 0. The minimum absolute atomic E-state index is 0.246. The van der Waals surface area contributed by atoms with Crippen LogP contribution in [0.5, 0.6) is 0 Å². The second kappa shape index (κ2) is 5.02. The summed E-state index contributed by atoms with van der Waals surface area (Å²) in [5.74, 6) is 0.213. The van der Waals surface area contributed by atoms with Crippen LogP contribution in [-0.4, -0.2) is 39.7 Å². The van der Waals surface area contributed by atoms with Gasteiger partial charge in [0.25, 0.3) is 0 Å². The van der Waals surface area contributed by atoms with Crippen LogP contribution in [0.2, 0.25) is 0 Å². The number of nitrogens with zero attached hydrogens (tertiary/aromatic N) is 4. The molecule has 0 atom stereocenters. The molecule has 1 aromatic heterocycles. The summed E-state index contributed by atoms with van der Waals surface area (Å²) in [6.45, 7) is 3.27. The third kappa shape index (κ3) is 2.61. The number of hydrogen-bond donors (Lipinski definition) is 0. The van der Waals surface area contributed by atoms with Gasteiger partial charge < -0.3 is 9.47 Å². The molecule has 1 fully saturated rings. The SMILES string of the molecule is Cc1cc(-c2nnn(CC3OCCO3)n2)ccc1F. The zero-order valence-electron chi connectivity index (χ0n) is 10.4. The molecule has 19 heavy (non-hydrogen) atoms. The highest BCUT2D eigenvalue weighted by Gasteiger charge is 2.18. The van der Waals surface area contributed by atoms with Gasteiger partial charge in [-0.1, -0.05) is 0 Å². The third-order valence-corrected chi connectivity index (χ3v) is 2.87. The summed E-state index contributed by atoms with van der Waals surface area (Å²) in [4.78, 5) is 1.42. The molecule has 3 rings (SSSR count). The van der Waals surface area contributed by atoms with E-state index in [1.54, 1.807) is 19.1 Å². The van der Waals surface area contributed by atoms with Crippen LogP contribution in [-0.2, 0) is 16.0 Å². The zero-order valence-corrected chi connectivity index (χ0v) is 10.4. The van der Waals surface area contributed by atoms with Crippen molar-refractivity contribution >= 4 is 0 Å². The van der Waals surface area contributed by atoms with E-state index in [2.05, 4.69) is 15.4 Å². The molecule has 7 heteroatoms. The lowest BCUT2D eigenvalue weighted by molar-refractivity contribution is -0.0572. The Labute approximate surface area is 109 Å². The van der Waals surface area contributed by atoms with Crippen molar-refractivity contribution in [3.8, 4) is 11.4 Å². The van der Waals surface area contributed by atoms with Crippen molar-refractivity contribution in [2.24, 2.45) is 0 Å². The monoisotopic (exact) mass is 264 g/mol. The normalized spacial score (nSPS) is 16.1. The Balaban J connectivity index is 1.78. The van der Waals surface area contributed by atoms with Gasteiger partial charge in [-0.2, -0.15) is 4.80 Å². The lowest BCUT2D eigenvalue weighted by Crippen LogP contribution is -2.18. The average molecular weight is 264 g/mol. The Morgan fingerprint density at radius 3 is 2.89 bits per heavy atom. The van der Waals surface area contributed by atoms with Crippen LogP contribution >= 0.6 is 0 Å². The Kier molecular flexibility index (Phi) is 3.22. The predicted molar refractivity (Wildman–Crippen MR) is 63.6 cm³/mol. The van der Waals surface area contributed by atoms with Crippen LogP contribution in [0, 0.1) is 12.7 Å². The van der Waals surface area contributed by atoms with E-state index in [0.29, 0.717) is 31.1 Å². The van der Waals surface area contributed by atoms with Crippen LogP contribution in [0.4, 0.5) is 4.39 Å². The Morgan fingerprint density at radius 2 is 2.16 bits per heavy atom. The molecule has 6 nitrogen and oxygen atoms in total. The number of rotatable bonds is 3. The highest BCUT2D eigenvalue weighted by molar-refractivity contribution is 5.54. The molecule has 1 aromatic carbocycles. The molecule has 1 saturated heterocycles. The molecule has 2 heterocycles. The third-order valence-electron chi connectivity index (χ3n) is 2.87. The van der Waals surface area contributed by atoms with Crippen molar-refractivity contribution < 1.29 is 13.9 Å². The minimum Gasteiger partial charge on any atom is -0.348 e. The molecule has 1 aliphatic rings. The van der Waals surface area contributed by atoms with Crippen LogP contribution in [0.25, 0.3) is 11.4 Å². The number of hydrogen-bond acceptors (Lipinski definition) is 5. The fourth-order valence-electron chi connectivity index (χ4n) is 1.87. The molecule has 0 unspecified atom stereocenters. The first kappa shape index (κ1) is 12.2. The van der Waals surface area contributed by atoms with Crippen molar-refractivity contribution in [2.75, 3.05) is 13.2 Å². The molecule has 1 aliphatic heterocycles. The summed E-state index contributed by atoms with van der Waals surface area (Å²) in [7, 11) is 0. The van der Waals surface area contributed by atoms with E-state index >= 15 is 0 Å². The van der Waals surface area contributed by atoms with Gasteiger partial charge in [-0.05, 0) is 35.9 Å². The molecule has 0 amide bonds. The zero-order chi connectivity index (χ0) is 13.2. The first-order chi connectivity index (χ1) is 9.22. The van der Waals surface area contributed by atoms with Crippen molar-refractivity contribution in [3.05, 3.63) is 29.6 Å². The second-order valence-electron chi connectivity index (χ2n) is 4.30. The van der Waals surface area contributed by atoms with Crippen LogP contribution in [0.3, 0.4) is 0 Å². The highest BCUT2D eigenvalue weighted by atomic mass is 19.1. The molecule has 100 valence electrons. The lowest BCUT2D eigenvalue weighted by Gasteiger charge is -2.06. The van der Waals surface area contributed by atoms with Crippen LogP contribution in [0.1, 0.15) is 5.56 Å². The predicted octanol–water partition coefficient (Wildman–Crippen LogP) is 1.16. The highest BCUT2D eigenvalue weighted by Crippen LogP contribution is 2.17. The summed E-state index contributed by atoms with van der Waals surface area (Å²) in [5.41, 5.74) is 1.29. The van der Waals surface area contributed by atoms with E-state index in [4.69, 9.17) is 9.47 Å². The van der Waals surface area contributed by atoms with Crippen molar-refractivity contribution in [1.82, 2.24) is 20.2 Å². The quantitative estimate of drug-likeness (QED) is 0.832. The fourth-order valence-corrected chi connectivity index (χ4v) is 1.87. The van der Waals surface area contributed by atoms with E-state index in [9.17, 15) is 4.39 Å². The largest absolute Gasteiger partial charge is 0.348 e. The van der Waals surface area contributed by atoms with Crippen molar-refractivity contribution in [1.29, 1.82) is 0 Å². The van der Waals surface area contributed by atoms with E-state index in [1.165, 1.54) is 10.9 Å². The maximum Gasteiger partial charge on any atom is 0.204 e. The Hall–Kier alpha value is -1.86. The smallest absolute Gasteiger partial charge is 0.204 e. The van der Waals surface area contributed by atoms with Gasteiger partial charge in [-0.3, -0.25) is 0 Å². The van der Waals surface area contributed by atoms with E-state index in [0.717, 1.165) is 5.56 Å². The fraction of sp³-hybridized carbons (Fsp3) is 0.417. The molecule has 0 spiro atoms. The Morgan fingerprint density at radius 1 is 1.37 bits per heavy atom. The molecule has 0 saturated carbocycles. The maximum atomic E-state index is 13.2. The summed E-state index contributed by atoms with van der Waals surface area (Å²) < 4.78 is 23.8. The lowest BCUT2D eigenvalue weighted by atomic mass is 10.1. The number of aromatic nitrogens is 4. The van der Waals surface area contributed by atoms with Gasteiger partial charge in [0.1, 0.15) is 12.4 Å². The summed E-state index contributed by atoms with van der Waals surface area (Å²) in [6.07, 6.45) is -0.322. The molecule has 0 bridgehead atoms. The number of halogens is 1. The van der Waals surface area contributed by atoms with E-state index in [1.807, 2.05) is 0 Å². The maximum absolute atomic E-state index is 13.2. The number of aryl methyl sites for hydroxylation is 1. The first-order valence-corrected chi connectivity index (χ1v) is 6.00. The van der Waals surface area contributed by atoms with Gasteiger partial charge >= 0.3 is 0 Å². The Bertz CT molecular complexity index is 581. The molecular formula is C12H13FN4O2. The standard InChI is InChI=1S/C12H13FN4O2/c1-8-6-9(2-3-10(8)13)12-14-16-17(15-12)7-11-18-4-5-19-11/h2-3,6,11H,4-5,7H2,1H3. The molecule has 2 aromatic rings. The first-order valence-electron chi connectivity index (χ1n) is 6.00. The number of benzene rings is 1. The van der Waals surface area contributed by atoms with Crippen molar-refractivity contribution in [3.63, 3.8) is 0 Å². The number of tetrazole rings is 1. The second-order valence-corrected chi connectivity index (χ2v) is 4.30. The van der Waals surface area contributed by atoms with Gasteiger partial charge in [0, 0.05) is 5.56 Å². The van der Waals surface area contributed by atoms with Gasteiger partial charge in [0.05, 0.1) is 13.2 Å². The van der Waals surface area contributed by atoms with Crippen LogP contribution in [0.15, 0.2) is 18.2 Å². The molecule has 0 radical (unpaired) electrons. The van der Waals surface area contributed by atoms with Gasteiger partial charge in [-0.25, -0.2) is 4.39 Å². The van der Waals surface area contributed by atoms with Gasteiger partial charge in [0.15, 0.2) is 6.29 Å². The molecule has 0 N–H and O–H groups in total. The summed E-state index contributed by atoms with van der Waals surface area (Å²) in [5, 5.41) is 12.1. The van der Waals surface area contributed by atoms with Gasteiger partial charge in [0.2, 0.25) is 5.82 Å². The number of ether oxygens (including phenoxy) is 2. The van der Waals surface area contributed by atoms with Gasteiger partial charge in [-0.15, -0.1) is 10.2 Å². The minimum atomic E-state index is -0.322.